The minimum Gasteiger partial charge on any atom is -0.398 e. The van der Waals surface area contributed by atoms with Gasteiger partial charge in [-0.25, -0.2) is 4.39 Å². The normalized spacial score (nSPS) is 10.8. The Kier molecular flexibility index (Phi) is 3.35. The fourth-order valence-corrected chi connectivity index (χ4v) is 2.08. The highest BCUT2D eigenvalue weighted by atomic mass is 35.5. The zero-order valence-corrected chi connectivity index (χ0v) is 11.9. The van der Waals surface area contributed by atoms with Crippen LogP contribution in [0, 0.1) is 12.7 Å². The van der Waals surface area contributed by atoms with Crippen molar-refractivity contribution in [2.24, 2.45) is 0 Å². The van der Waals surface area contributed by atoms with E-state index in [1.54, 1.807) is 24.3 Å². The molecule has 1 aromatic heterocycles. The van der Waals surface area contributed by atoms with Crippen molar-refractivity contribution < 1.29 is 8.91 Å². The Labute approximate surface area is 125 Å². The lowest BCUT2D eigenvalue weighted by Gasteiger charge is -2.00. The van der Waals surface area contributed by atoms with Crippen LogP contribution in [0.2, 0.25) is 5.02 Å². The molecule has 0 atom stereocenters. The zero-order valence-electron chi connectivity index (χ0n) is 11.1. The van der Waals surface area contributed by atoms with Crippen LogP contribution in [-0.2, 0) is 0 Å². The molecule has 106 valence electrons. The van der Waals surface area contributed by atoms with Gasteiger partial charge in [0, 0.05) is 11.1 Å². The first kappa shape index (κ1) is 13.6. The van der Waals surface area contributed by atoms with Crippen molar-refractivity contribution in [1.82, 2.24) is 10.1 Å². The fraction of sp³-hybridized carbons (Fsp3) is 0.0667. The summed E-state index contributed by atoms with van der Waals surface area (Å²) in [5.41, 5.74) is 8.28. The van der Waals surface area contributed by atoms with Crippen LogP contribution in [0.3, 0.4) is 0 Å². The second-order valence-corrected chi connectivity index (χ2v) is 5.03. The minimum absolute atomic E-state index is 0.303. The number of nitrogens with two attached hydrogens (primary N) is 1. The molecular formula is C15H11ClFN3O. The lowest BCUT2D eigenvalue weighted by atomic mass is 10.1. The first-order valence-electron chi connectivity index (χ1n) is 6.20. The van der Waals surface area contributed by atoms with Crippen molar-refractivity contribution >= 4 is 17.3 Å². The molecule has 0 amide bonds. The highest BCUT2D eigenvalue weighted by Gasteiger charge is 2.13. The van der Waals surface area contributed by atoms with Gasteiger partial charge in [0.05, 0.1) is 10.7 Å². The van der Waals surface area contributed by atoms with Crippen molar-refractivity contribution in [3.05, 3.63) is 52.8 Å². The van der Waals surface area contributed by atoms with Crippen LogP contribution in [0.5, 0.6) is 0 Å². The average Bonchev–Trinajstić information content (AvgIpc) is 2.94. The molecule has 0 aliphatic rings. The number of aryl methyl sites for hydroxylation is 1. The summed E-state index contributed by atoms with van der Waals surface area (Å²) in [7, 11) is 0. The van der Waals surface area contributed by atoms with E-state index in [9.17, 15) is 4.39 Å². The average molecular weight is 304 g/mol. The minimum atomic E-state index is -0.349. The highest BCUT2D eigenvalue weighted by Crippen LogP contribution is 2.28. The van der Waals surface area contributed by atoms with E-state index in [0.29, 0.717) is 33.6 Å². The third-order valence-corrected chi connectivity index (χ3v) is 3.45. The molecule has 0 unspecified atom stereocenters. The van der Waals surface area contributed by atoms with Crippen LogP contribution in [-0.4, -0.2) is 10.1 Å². The number of anilines is 1. The van der Waals surface area contributed by atoms with Gasteiger partial charge in [-0.15, -0.1) is 0 Å². The molecule has 3 rings (SSSR count). The summed E-state index contributed by atoms with van der Waals surface area (Å²) in [6.07, 6.45) is 0. The number of rotatable bonds is 2. The van der Waals surface area contributed by atoms with Gasteiger partial charge in [0.15, 0.2) is 0 Å². The topological polar surface area (TPSA) is 64.9 Å². The van der Waals surface area contributed by atoms with Crippen molar-refractivity contribution in [3.63, 3.8) is 0 Å². The predicted octanol–water partition coefficient (Wildman–Crippen LogP) is 4.09. The van der Waals surface area contributed by atoms with Gasteiger partial charge >= 0.3 is 0 Å². The van der Waals surface area contributed by atoms with E-state index in [0.717, 1.165) is 5.56 Å². The highest BCUT2D eigenvalue weighted by molar-refractivity contribution is 6.33. The molecule has 0 saturated heterocycles. The van der Waals surface area contributed by atoms with Crippen LogP contribution in [0.4, 0.5) is 10.1 Å². The molecule has 21 heavy (non-hydrogen) atoms. The number of benzene rings is 2. The van der Waals surface area contributed by atoms with E-state index < -0.39 is 0 Å². The molecule has 4 nitrogen and oxygen atoms in total. The lowest BCUT2D eigenvalue weighted by molar-refractivity contribution is 0.432. The van der Waals surface area contributed by atoms with Gasteiger partial charge in [-0.3, -0.25) is 0 Å². The third kappa shape index (κ3) is 2.60. The Balaban J connectivity index is 2.03. The summed E-state index contributed by atoms with van der Waals surface area (Å²) in [5, 5.41) is 4.35. The summed E-state index contributed by atoms with van der Waals surface area (Å²) >= 11 is 5.87. The Morgan fingerprint density at radius 1 is 1.19 bits per heavy atom. The molecule has 0 bridgehead atoms. The molecule has 6 heteroatoms. The maximum atomic E-state index is 13.3. The summed E-state index contributed by atoms with van der Waals surface area (Å²) < 4.78 is 18.6. The van der Waals surface area contributed by atoms with E-state index in [-0.39, 0.29) is 5.82 Å². The molecule has 0 aliphatic carbocycles. The number of halogens is 2. The maximum absolute atomic E-state index is 13.3. The van der Waals surface area contributed by atoms with Crippen LogP contribution in [0.25, 0.3) is 22.8 Å². The SMILES string of the molecule is Cc1ccc(F)cc1-c1noc(-c2ccc(Cl)c(N)c2)n1. The zero-order chi connectivity index (χ0) is 15.0. The second-order valence-electron chi connectivity index (χ2n) is 4.62. The summed E-state index contributed by atoms with van der Waals surface area (Å²) in [5.74, 6) is 0.283. The smallest absolute Gasteiger partial charge is 0.258 e. The van der Waals surface area contributed by atoms with Gasteiger partial charge in [-0.2, -0.15) is 4.98 Å². The number of hydrogen-bond donors (Lipinski definition) is 1. The van der Waals surface area contributed by atoms with Gasteiger partial charge in [-0.1, -0.05) is 22.8 Å². The number of nitrogen functional groups attached to an aromatic ring is 1. The fourth-order valence-electron chi connectivity index (χ4n) is 1.96. The first-order chi connectivity index (χ1) is 10.0. The molecule has 0 radical (unpaired) electrons. The van der Waals surface area contributed by atoms with Gasteiger partial charge in [0.2, 0.25) is 5.82 Å². The van der Waals surface area contributed by atoms with Crippen LogP contribution in [0.1, 0.15) is 5.56 Å². The number of nitrogens with zero attached hydrogens (tertiary/aromatic N) is 2. The Hall–Kier alpha value is -2.40. The molecule has 0 saturated carbocycles. The second kappa shape index (κ2) is 5.18. The van der Waals surface area contributed by atoms with Crippen molar-refractivity contribution in [2.45, 2.75) is 6.92 Å². The quantitative estimate of drug-likeness (QED) is 0.724. The van der Waals surface area contributed by atoms with Crippen molar-refractivity contribution in [1.29, 1.82) is 0 Å². The van der Waals surface area contributed by atoms with Crippen molar-refractivity contribution in [2.75, 3.05) is 5.73 Å². The first-order valence-corrected chi connectivity index (χ1v) is 6.58. The van der Waals surface area contributed by atoms with E-state index in [2.05, 4.69) is 10.1 Å². The van der Waals surface area contributed by atoms with Gasteiger partial charge in [0.25, 0.3) is 5.89 Å². The monoisotopic (exact) mass is 303 g/mol. The standard InChI is InChI=1S/C15H11ClFN3O/c1-8-2-4-10(17)7-11(8)14-19-15(21-20-14)9-3-5-12(16)13(18)6-9/h2-7H,18H2,1H3. The molecular weight excluding hydrogens is 293 g/mol. The number of hydrogen-bond acceptors (Lipinski definition) is 4. The molecule has 2 aromatic carbocycles. The van der Waals surface area contributed by atoms with E-state index in [4.69, 9.17) is 21.9 Å². The predicted molar refractivity (Wildman–Crippen MR) is 79.3 cm³/mol. The van der Waals surface area contributed by atoms with Gasteiger partial charge in [-0.05, 0) is 42.8 Å². The molecule has 0 fully saturated rings. The largest absolute Gasteiger partial charge is 0.398 e. The molecule has 3 aromatic rings. The van der Waals surface area contributed by atoms with Gasteiger partial charge in [0.1, 0.15) is 5.82 Å². The molecule has 0 aliphatic heterocycles. The maximum Gasteiger partial charge on any atom is 0.258 e. The Morgan fingerprint density at radius 2 is 2.00 bits per heavy atom. The van der Waals surface area contributed by atoms with Crippen LogP contribution in [0.15, 0.2) is 40.9 Å². The molecule has 2 N–H and O–H groups in total. The molecule has 0 spiro atoms. The van der Waals surface area contributed by atoms with Crippen molar-refractivity contribution in [3.8, 4) is 22.8 Å². The Bertz CT molecular complexity index is 816. The van der Waals surface area contributed by atoms with E-state index >= 15 is 0 Å². The van der Waals surface area contributed by atoms with Gasteiger partial charge < -0.3 is 10.3 Å². The van der Waals surface area contributed by atoms with Crippen LogP contribution >= 0.6 is 11.6 Å². The lowest BCUT2D eigenvalue weighted by Crippen LogP contribution is -1.89. The molecule has 1 heterocycles. The van der Waals surface area contributed by atoms with Crippen LogP contribution < -0.4 is 5.73 Å². The van der Waals surface area contributed by atoms with E-state index in [1.807, 2.05) is 6.92 Å². The van der Waals surface area contributed by atoms with E-state index in [1.165, 1.54) is 12.1 Å². The summed E-state index contributed by atoms with van der Waals surface area (Å²) in [4.78, 5) is 4.28. The number of aromatic nitrogens is 2. The third-order valence-electron chi connectivity index (χ3n) is 3.11. The summed E-state index contributed by atoms with van der Waals surface area (Å²) in [6.45, 7) is 1.85. The Morgan fingerprint density at radius 3 is 2.76 bits per heavy atom. The summed E-state index contributed by atoms with van der Waals surface area (Å²) in [6, 6.07) is 9.47.